The second-order valence-corrected chi connectivity index (χ2v) is 8.90. The average molecular weight is 459 g/mol. The molecule has 8 heteroatoms. The number of aryl methyl sites for hydroxylation is 1. The van der Waals surface area contributed by atoms with E-state index in [1.54, 1.807) is 61.7 Å². The normalized spacial score (nSPS) is 11.8. The van der Waals surface area contributed by atoms with E-state index < -0.39 is 5.25 Å². The van der Waals surface area contributed by atoms with E-state index in [9.17, 15) is 14.4 Å². The number of para-hydroxylation sites is 2. The summed E-state index contributed by atoms with van der Waals surface area (Å²) in [5.74, 6) is -0.0119. The number of hydrogen-bond acceptors (Lipinski definition) is 6. The van der Waals surface area contributed by atoms with Crippen LogP contribution in [-0.4, -0.2) is 31.5 Å². The summed E-state index contributed by atoms with van der Waals surface area (Å²) >= 11 is 1.15. The minimum absolute atomic E-state index is 0.137. The zero-order valence-corrected chi connectivity index (χ0v) is 19.2. The van der Waals surface area contributed by atoms with Crippen molar-refractivity contribution in [3.8, 4) is 5.82 Å². The summed E-state index contributed by atoms with van der Waals surface area (Å²) in [4.78, 5) is 47.2. The lowest BCUT2D eigenvalue weighted by Gasteiger charge is -2.16. The van der Waals surface area contributed by atoms with E-state index in [4.69, 9.17) is 0 Å². The Hall–Kier alpha value is -3.78. The Labute approximate surface area is 194 Å². The minimum atomic E-state index is -0.602. The monoisotopic (exact) mass is 458 g/mol. The quantitative estimate of drug-likeness (QED) is 0.261. The van der Waals surface area contributed by atoms with Crippen LogP contribution in [0.5, 0.6) is 0 Å². The maximum atomic E-state index is 13.3. The topological polar surface area (TPSA) is 94.0 Å². The van der Waals surface area contributed by atoms with Crippen LogP contribution in [0.2, 0.25) is 0 Å². The molecule has 0 bridgehead atoms. The van der Waals surface area contributed by atoms with Gasteiger partial charge in [-0.3, -0.25) is 14.4 Å². The summed E-state index contributed by atoms with van der Waals surface area (Å²) < 4.78 is 1.43. The van der Waals surface area contributed by atoms with Gasteiger partial charge in [-0.1, -0.05) is 42.1 Å². The molecule has 2 aromatic carbocycles. The van der Waals surface area contributed by atoms with Gasteiger partial charge in [-0.05, 0) is 56.7 Å². The van der Waals surface area contributed by atoms with Gasteiger partial charge in [0, 0.05) is 11.8 Å². The van der Waals surface area contributed by atoms with Crippen LogP contribution in [-0.2, 0) is 4.79 Å². The molecule has 2 aromatic heterocycles. The molecule has 1 amide bonds. The molecule has 1 N–H and O–H groups in total. The van der Waals surface area contributed by atoms with E-state index in [1.807, 2.05) is 19.1 Å². The molecule has 0 radical (unpaired) electrons. The number of pyridine rings is 1. The highest BCUT2D eigenvalue weighted by Gasteiger charge is 2.22. The molecule has 0 fully saturated rings. The molecular formula is C25H22N4O3S. The summed E-state index contributed by atoms with van der Waals surface area (Å²) in [6.07, 6.45) is 1.68. The van der Waals surface area contributed by atoms with Gasteiger partial charge in [0.25, 0.3) is 5.56 Å². The van der Waals surface area contributed by atoms with E-state index in [0.29, 0.717) is 33.1 Å². The number of amides is 1. The first-order chi connectivity index (χ1) is 15.8. The third-order valence-electron chi connectivity index (χ3n) is 5.09. The predicted octanol–water partition coefficient (Wildman–Crippen LogP) is 4.41. The molecule has 0 saturated carbocycles. The fraction of sp³-hybridized carbons (Fsp3) is 0.160. The molecule has 4 aromatic rings. The summed E-state index contributed by atoms with van der Waals surface area (Å²) in [5, 5.41) is 3.04. The van der Waals surface area contributed by atoms with Gasteiger partial charge in [-0.15, -0.1) is 0 Å². The van der Waals surface area contributed by atoms with Gasteiger partial charge in [0.2, 0.25) is 5.91 Å². The Bertz CT molecular complexity index is 1410. The molecule has 2 heterocycles. The first-order valence-corrected chi connectivity index (χ1v) is 11.3. The van der Waals surface area contributed by atoms with Crippen LogP contribution < -0.4 is 10.9 Å². The highest BCUT2D eigenvalue weighted by Crippen LogP contribution is 2.26. The van der Waals surface area contributed by atoms with Crippen molar-refractivity contribution in [3.63, 3.8) is 0 Å². The number of nitrogens with one attached hydrogen (secondary N) is 1. The van der Waals surface area contributed by atoms with Crippen molar-refractivity contribution in [3.05, 3.63) is 88.3 Å². The number of carbonyl (C=O) groups is 2. The van der Waals surface area contributed by atoms with Crippen molar-refractivity contribution >= 4 is 40.0 Å². The van der Waals surface area contributed by atoms with E-state index >= 15 is 0 Å². The third-order valence-corrected chi connectivity index (χ3v) is 6.14. The van der Waals surface area contributed by atoms with Crippen LogP contribution in [0, 0.1) is 6.92 Å². The number of Topliss-reactive ketones (excluding diaryl/α,β-unsaturated/α-hetero) is 1. The Morgan fingerprint density at radius 1 is 1.03 bits per heavy atom. The maximum absolute atomic E-state index is 13.3. The molecule has 1 atom stereocenters. The Morgan fingerprint density at radius 2 is 1.76 bits per heavy atom. The highest BCUT2D eigenvalue weighted by molar-refractivity contribution is 8.00. The largest absolute Gasteiger partial charge is 0.324 e. The van der Waals surface area contributed by atoms with Crippen LogP contribution in [0.1, 0.15) is 29.8 Å². The highest BCUT2D eigenvalue weighted by atomic mass is 32.2. The van der Waals surface area contributed by atoms with Crippen LogP contribution in [0.3, 0.4) is 0 Å². The average Bonchev–Trinajstić information content (AvgIpc) is 2.80. The molecule has 1 unspecified atom stereocenters. The molecule has 0 aliphatic heterocycles. The van der Waals surface area contributed by atoms with Crippen LogP contribution in [0.4, 0.5) is 5.69 Å². The Kier molecular flexibility index (Phi) is 6.37. The number of anilines is 1. The zero-order chi connectivity index (χ0) is 23.5. The molecule has 33 heavy (non-hydrogen) atoms. The molecule has 0 aliphatic rings. The number of ketones is 1. The van der Waals surface area contributed by atoms with E-state index in [-0.39, 0.29) is 17.2 Å². The molecule has 7 nitrogen and oxygen atoms in total. The van der Waals surface area contributed by atoms with E-state index in [0.717, 1.165) is 17.3 Å². The Balaban J connectivity index is 1.71. The van der Waals surface area contributed by atoms with Crippen LogP contribution in [0.15, 0.2) is 76.8 Å². The number of rotatable bonds is 6. The molecule has 166 valence electrons. The predicted molar refractivity (Wildman–Crippen MR) is 130 cm³/mol. The van der Waals surface area contributed by atoms with Gasteiger partial charge in [0.15, 0.2) is 10.9 Å². The molecular weight excluding hydrogens is 436 g/mol. The standard InChI is InChI=1S/C25H22N4O3S/c1-15-12-13-22(26-14-15)29-24(32)19-9-5-7-11-21(19)28-25(29)33-17(3)23(31)27-20-10-6-4-8-18(20)16(2)30/h4-14,17H,1-3H3,(H,27,31). The lowest BCUT2D eigenvalue weighted by Crippen LogP contribution is -2.27. The number of hydrogen-bond donors (Lipinski definition) is 1. The smallest absolute Gasteiger partial charge is 0.267 e. The van der Waals surface area contributed by atoms with Gasteiger partial charge in [0.1, 0.15) is 5.82 Å². The summed E-state index contributed by atoms with van der Waals surface area (Å²) in [6.45, 7) is 5.10. The number of fused-ring (bicyclic) bond motifs is 1. The summed E-state index contributed by atoms with van der Waals surface area (Å²) in [7, 11) is 0. The first kappa shape index (κ1) is 22.4. The summed E-state index contributed by atoms with van der Waals surface area (Å²) in [6, 6.07) is 17.6. The Morgan fingerprint density at radius 3 is 2.48 bits per heavy atom. The van der Waals surface area contributed by atoms with Crippen molar-refractivity contribution < 1.29 is 9.59 Å². The maximum Gasteiger partial charge on any atom is 0.267 e. The SMILES string of the molecule is CC(=O)c1ccccc1NC(=O)C(C)Sc1nc2ccccc2c(=O)n1-c1ccc(C)cn1. The van der Waals surface area contributed by atoms with E-state index in [2.05, 4.69) is 15.3 Å². The zero-order valence-electron chi connectivity index (χ0n) is 18.4. The van der Waals surface area contributed by atoms with Crippen molar-refractivity contribution in [2.24, 2.45) is 0 Å². The van der Waals surface area contributed by atoms with Crippen LogP contribution >= 0.6 is 11.8 Å². The van der Waals surface area contributed by atoms with Gasteiger partial charge in [-0.2, -0.15) is 0 Å². The lowest BCUT2D eigenvalue weighted by atomic mass is 10.1. The second kappa shape index (κ2) is 9.38. The third kappa shape index (κ3) is 4.70. The molecule has 0 aliphatic carbocycles. The first-order valence-electron chi connectivity index (χ1n) is 10.4. The second-order valence-electron chi connectivity index (χ2n) is 7.60. The number of thioether (sulfide) groups is 1. The summed E-state index contributed by atoms with van der Waals surface area (Å²) in [5.41, 5.74) is 2.14. The fourth-order valence-electron chi connectivity index (χ4n) is 3.33. The van der Waals surface area contributed by atoms with Crippen molar-refractivity contribution in [2.75, 3.05) is 5.32 Å². The van der Waals surface area contributed by atoms with E-state index in [1.165, 1.54) is 11.5 Å². The number of benzene rings is 2. The van der Waals surface area contributed by atoms with Gasteiger partial charge < -0.3 is 5.32 Å². The van der Waals surface area contributed by atoms with Crippen molar-refractivity contribution in [1.29, 1.82) is 0 Å². The number of nitrogens with zero attached hydrogens (tertiary/aromatic N) is 3. The minimum Gasteiger partial charge on any atom is -0.324 e. The van der Waals surface area contributed by atoms with Gasteiger partial charge >= 0.3 is 0 Å². The fourth-order valence-corrected chi connectivity index (χ4v) is 4.25. The lowest BCUT2D eigenvalue weighted by molar-refractivity contribution is -0.115. The van der Waals surface area contributed by atoms with Crippen molar-refractivity contribution in [2.45, 2.75) is 31.2 Å². The molecule has 4 rings (SSSR count). The molecule has 0 saturated heterocycles. The van der Waals surface area contributed by atoms with Gasteiger partial charge in [0.05, 0.1) is 21.8 Å². The number of carbonyl (C=O) groups excluding carboxylic acids is 2. The van der Waals surface area contributed by atoms with Crippen molar-refractivity contribution in [1.82, 2.24) is 14.5 Å². The van der Waals surface area contributed by atoms with Crippen LogP contribution in [0.25, 0.3) is 16.7 Å². The molecule has 0 spiro atoms. The van der Waals surface area contributed by atoms with Gasteiger partial charge in [-0.25, -0.2) is 14.5 Å². The number of aromatic nitrogens is 3.